The fraction of sp³-hybridized carbons (Fsp3) is 0.500. The number of nitrogen functional groups attached to an aromatic ring is 2. The molecule has 1 atom stereocenters. The minimum atomic E-state index is -0.737. The summed E-state index contributed by atoms with van der Waals surface area (Å²) in [6.45, 7) is 8.95. The van der Waals surface area contributed by atoms with Crippen LogP contribution in [0.25, 0.3) is 0 Å². The van der Waals surface area contributed by atoms with Gasteiger partial charge in [0.25, 0.3) is 0 Å². The van der Waals surface area contributed by atoms with Crippen LogP contribution in [0.5, 0.6) is 0 Å². The van der Waals surface area contributed by atoms with Crippen LogP contribution in [0.4, 0.5) is 16.2 Å². The molecule has 1 rings (SSSR count). The lowest BCUT2D eigenvalue weighted by molar-refractivity contribution is 0.0476. The molecule has 6 nitrogen and oxygen atoms in total. The summed E-state index contributed by atoms with van der Waals surface area (Å²) in [5.74, 6) is -0.411. The number of anilines is 2. The van der Waals surface area contributed by atoms with E-state index in [0.29, 0.717) is 11.3 Å². The van der Waals surface area contributed by atoms with Crippen LogP contribution in [-0.4, -0.2) is 23.5 Å². The second kappa shape index (κ2) is 6.68. The Balaban J connectivity index is 2.98. The van der Waals surface area contributed by atoms with Gasteiger partial charge in [-0.2, -0.15) is 0 Å². The summed E-state index contributed by atoms with van der Waals surface area (Å²) in [6.07, 6.45) is -0.637. The smallest absolute Gasteiger partial charge is 0.408 e. The highest BCUT2D eigenvalue weighted by molar-refractivity contribution is 6.07. The molecular formula is C16H25N3O3. The number of hydrogen-bond donors (Lipinski definition) is 3. The number of nitrogens with two attached hydrogens (primary N) is 2. The topological polar surface area (TPSA) is 107 Å². The minimum Gasteiger partial charge on any atom is -0.444 e. The van der Waals surface area contributed by atoms with Gasteiger partial charge < -0.3 is 21.5 Å². The maximum Gasteiger partial charge on any atom is 0.408 e. The number of carbonyl (C=O) groups excluding carboxylic acids is 2. The van der Waals surface area contributed by atoms with Gasteiger partial charge in [0, 0.05) is 5.56 Å². The summed E-state index contributed by atoms with van der Waals surface area (Å²) >= 11 is 0. The first kappa shape index (κ1) is 17.8. The molecule has 1 amide bonds. The van der Waals surface area contributed by atoms with Gasteiger partial charge in [0.2, 0.25) is 0 Å². The summed E-state index contributed by atoms with van der Waals surface area (Å²) in [7, 11) is 0. The lowest BCUT2D eigenvalue weighted by atomic mass is 9.94. The standard InChI is InChI=1S/C16H25N3O3/c1-9(2)13(19-15(21)22-16(3,4)5)14(20)10-7-6-8-11(17)12(10)18/h6-9,13H,17-18H2,1-5H3,(H,19,21)/t13-/m0/s1. The third-order valence-electron chi connectivity index (χ3n) is 3.03. The lowest BCUT2D eigenvalue weighted by Gasteiger charge is -2.25. The molecule has 22 heavy (non-hydrogen) atoms. The number of Topliss-reactive ketones (excluding diaryl/α,β-unsaturated/α-hetero) is 1. The van der Waals surface area contributed by atoms with Crippen molar-refractivity contribution in [1.29, 1.82) is 0 Å². The van der Waals surface area contributed by atoms with Gasteiger partial charge >= 0.3 is 6.09 Å². The number of benzene rings is 1. The number of nitrogens with one attached hydrogen (secondary N) is 1. The quantitative estimate of drug-likeness (QED) is 0.585. The van der Waals surface area contributed by atoms with Crippen molar-refractivity contribution in [3.8, 4) is 0 Å². The number of para-hydroxylation sites is 1. The summed E-state index contributed by atoms with van der Waals surface area (Å²) in [5.41, 5.74) is 11.8. The molecule has 0 fully saturated rings. The molecule has 0 heterocycles. The van der Waals surface area contributed by atoms with Crippen LogP contribution >= 0.6 is 0 Å². The van der Waals surface area contributed by atoms with E-state index >= 15 is 0 Å². The molecule has 0 aliphatic rings. The van der Waals surface area contributed by atoms with E-state index in [1.807, 2.05) is 13.8 Å². The Morgan fingerprint density at radius 2 is 1.77 bits per heavy atom. The first-order valence-corrected chi connectivity index (χ1v) is 7.20. The number of carbonyl (C=O) groups is 2. The van der Waals surface area contributed by atoms with Crippen LogP contribution < -0.4 is 16.8 Å². The average Bonchev–Trinajstić information content (AvgIpc) is 2.36. The van der Waals surface area contributed by atoms with Gasteiger partial charge in [0.15, 0.2) is 5.78 Å². The van der Waals surface area contributed by atoms with Crippen LogP contribution in [0.15, 0.2) is 18.2 Å². The zero-order valence-corrected chi connectivity index (χ0v) is 13.8. The number of alkyl carbamates (subject to hydrolysis) is 1. The molecule has 0 aliphatic carbocycles. The molecule has 122 valence electrons. The first-order valence-electron chi connectivity index (χ1n) is 7.20. The first-order chi connectivity index (χ1) is 10.0. The Labute approximate surface area is 131 Å². The van der Waals surface area contributed by atoms with Crippen molar-refractivity contribution in [2.24, 2.45) is 5.92 Å². The van der Waals surface area contributed by atoms with Crippen LogP contribution in [0, 0.1) is 5.92 Å². The highest BCUT2D eigenvalue weighted by atomic mass is 16.6. The van der Waals surface area contributed by atoms with Crippen molar-refractivity contribution in [3.05, 3.63) is 23.8 Å². The predicted octanol–water partition coefficient (Wildman–Crippen LogP) is 2.58. The third-order valence-corrected chi connectivity index (χ3v) is 3.03. The van der Waals surface area contributed by atoms with E-state index in [2.05, 4.69) is 5.32 Å². The maximum absolute atomic E-state index is 12.7. The molecule has 0 spiro atoms. The Hall–Kier alpha value is -2.24. The van der Waals surface area contributed by atoms with Crippen molar-refractivity contribution in [2.75, 3.05) is 11.5 Å². The summed E-state index contributed by atoms with van der Waals surface area (Å²) < 4.78 is 5.20. The van der Waals surface area contributed by atoms with E-state index in [-0.39, 0.29) is 17.4 Å². The molecule has 6 heteroatoms. The Bertz CT molecular complexity index is 562. The number of ketones is 1. The maximum atomic E-state index is 12.7. The van der Waals surface area contributed by atoms with E-state index in [1.54, 1.807) is 39.0 Å². The number of ether oxygens (including phenoxy) is 1. The van der Waals surface area contributed by atoms with Gasteiger partial charge in [-0.25, -0.2) is 4.79 Å². The minimum absolute atomic E-state index is 0.124. The molecule has 0 aliphatic heterocycles. The second-order valence-corrected chi connectivity index (χ2v) is 6.54. The van der Waals surface area contributed by atoms with Crippen LogP contribution in [-0.2, 0) is 4.74 Å². The van der Waals surface area contributed by atoms with Crippen molar-refractivity contribution in [3.63, 3.8) is 0 Å². The largest absolute Gasteiger partial charge is 0.444 e. The molecule has 0 saturated heterocycles. The van der Waals surface area contributed by atoms with Gasteiger partial charge in [-0.05, 0) is 38.8 Å². The Morgan fingerprint density at radius 1 is 1.18 bits per heavy atom. The molecule has 0 saturated carbocycles. The number of rotatable bonds is 4. The van der Waals surface area contributed by atoms with E-state index < -0.39 is 17.7 Å². The van der Waals surface area contributed by atoms with Crippen molar-refractivity contribution < 1.29 is 14.3 Å². The number of amides is 1. The fourth-order valence-corrected chi connectivity index (χ4v) is 1.93. The van der Waals surface area contributed by atoms with Gasteiger partial charge in [-0.3, -0.25) is 4.79 Å². The molecule has 1 aromatic carbocycles. The van der Waals surface area contributed by atoms with Gasteiger partial charge in [-0.15, -0.1) is 0 Å². The predicted molar refractivity (Wildman–Crippen MR) is 87.6 cm³/mol. The van der Waals surface area contributed by atoms with E-state index in [1.165, 1.54) is 0 Å². The van der Waals surface area contributed by atoms with Crippen LogP contribution in [0.2, 0.25) is 0 Å². The zero-order valence-electron chi connectivity index (χ0n) is 13.8. The summed E-state index contributed by atoms with van der Waals surface area (Å²) in [6, 6.07) is 4.14. The normalized spacial score (nSPS) is 12.8. The fourth-order valence-electron chi connectivity index (χ4n) is 1.93. The molecule has 0 aromatic heterocycles. The van der Waals surface area contributed by atoms with Crippen LogP contribution in [0.1, 0.15) is 45.0 Å². The van der Waals surface area contributed by atoms with Gasteiger partial charge in [-0.1, -0.05) is 19.9 Å². The summed E-state index contributed by atoms with van der Waals surface area (Å²) in [4.78, 5) is 24.6. The lowest BCUT2D eigenvalue weighted by Crippen LogP contribution is -2.46. The highest BCUT2D eigenvalue weighted by Gasteiger charge is 2.29. The molecule has 5 N–H and O–H groups in total. The SMILES string of the molecule is CC(C)[C@H](NC(=O)OC(C)(C)C)C(=O)c1cccc(N)c1N. The van der Waals surface area contributed by atoms with Gasteiger partial charge in [0.1, 0.15) is 5.60 Å². The van der Waals surface area contributed by atoms with E-state index in [0.717, 1.165) is 0 Å². The number of hydrogen-bond acceptors (Lipinski definition) is 5. The van der Waals surface area contributed by atoms with Crippen molar-refractivity contribution in [1.82, 2.24) is 5.32 Å². The molecule has 0 bridgehead atoms. The molecular weight excluding hydrogens is 282 g/mol. The van der Waals surface area contributed by atoms with Crippen molar-refractivity contribution >= 4 is 23.3 Å². The average molecular weight is 307 g/mol. The van der Waals surface area contributed by atoms with Crippen molar-refractivity contribution in [2.45, 2.75) is 46.3 Å². The van der Waals surface area contributed by atoms with E-state index in [9.17, 15) is 9.59 Å². The Kier molecular flexibility index (Phi) is 5.41. The van der Waals surface area contributed by atoms with E-state index in [4.69, 9.17) is 16.2 Å². The zero-order chi connectivity index (χ0) is 17.1. The third kappa shape index (κ3) is 4.65. The summed E-state index contributed by atoms with van der Waals surface area (Å²) in [5, 5.41) is 2.61. The highest BCUT2D eigenvalue weighted by Crippen LogP contribution is 2.22. The second-order valence-electron chi connectivity index (χ2n) is 6.54. The molecule has 0 radical (unpaired) electrons. The monoisotopic (exact) mass is 307 g/mol. The molecule has 0 unspecified atom stereocenters. The Morgan fingerprint density at radius 3 is 2.27 bits per heavy atom. The van der Waals surface area contributed by atoms with Crippen LogP contribution in [0.3, 0.4) is 0 Å². The van der Waals surface area contributed by atoms with Gasteiger partial charge in [0.05, 0.1) is 17.4 Å². The molecule has 1 aromatic rings.